The first-order valence-electron chi connectivity index (χ1n) is 4.91. The van der Waals surface area contributed by atoms with E-state index in [1.165, 1.54) is 11.3 Å². The zero-order chi connectivity index (χ0) is 12.9. The zero-order valence-electron chi connectivity index (χ0n) is 9.27. The van der Waals surface area contributed by atoms with Crippen LogP contribution in [0.25, 0.3) is 0 Å². The van der Waals surface area contributed by atoms with Crippen molar-refractivity contribution in [3.63, 3.8) is 0 Å². The van der Waals surface area contributed by atoms with E-state index < -0.39 is 10.0 Å². The molecular formula is C9H14BrNO4S2. The fourth-order valence-corrected chi connectivity index (χ4v) is 4.62. The Kier molecular flexibility index (Phi) is 6.04. The lowest BCUT2D eigenvalue weighted by atomic mass is 10.5. The van der Waals surface area contributed by atoms with Crippen molar-refractivity contribution in [3.05, 3.63) is 14.7 Å². The molecule has 0 bridgehead atoms. The molecule has 1 aromatic rings. The molecule has 0 amide bonds. The molecule has 17 heavy (non-hydrogen) atoms. The minimum absolute atomic E-state index is 0.0661. The average molecular weight is 344 g/mol. The Morgan fingerprint density at radius 3 is 2.76 bits per heavy atom. The Bertz CT molecular complexity index is 458. The van der Waals surface area contributed by atoms with E-state index in [-0.39, 0.29) is 31.3 Å². The van der Waals surface area contributed by atoms with Gasteiger partial charge in [-0.2, -0.15) is 0 Å². The summed E-state index contributed by atoms with van der Waals surface area (Å²) in [7, 11) is -3.47. The van der Waals surface area contributed by atoms with Crippen molar-refractivity contribution in [1.29, 1.82) is 0 Å². The molecule has 0 radical (unpaired) electrons. The second kappa shape index (κ2) is 6.81. The highest BCUT2D eigenvalue weighted by Gasteiger charge is 2.18. The fourth-order valence-electron chi connectivity index (χ4n) is 1.19. The minimum Gasteiger partial charge on any atom is -0.394 e. The molecule has 0 saturated carbocycles. The molecule has 0 aliphatic heterocycles. The molecule has 0 fully saturated rings. The van der Waals surface area contributed by atoms with E-state index in [0.717, 1.165) is 8.66 Å². The number of ether oxygens (including phenoxy) is 1. The van der Waals surface area contributed by atoms with Crippen molar-refractivity contribution in [2.75, 3.05) is 26.4 Å². The van der Waals surface area contributed by atoms with Gasteiger partial charge in [-0.05, 0) is 28.9 Å². The van der Waals surface area contributed by atoms with Crippen LogP contribution in [0.1, 0.15) is 4.88 Å². The number of aliphatic hydroxyl groups excluding tert-OH is 1. The van der Waals surface area contributed by atoms with Crippen molar-refractivity contribution in [2.45, 2.75) is 11.8 Å². The summed E-state index contributed by atoms with van der Waals surface area (Å²) in [5.41, 5.74) is 0. The summed E-state index contributed by atoms with van der Waals surface area (Å²) in [6, 6.07) is 1.58. The molecule has 0 atom stereocenters. The van der Waals surface area contributed by atoms with Gasteiger partial charge in [0.25, 0.3) is 0 Å². The van der Waals surface area contributed by atoms with Gasteiger partial charge in [-0.25, -0.2) is 13.1 Å². The van der Waals surface area contributed by atoms with Crippen molar-refractivity contribution in [1.82, 2.24) is 4.72 Å². The Labute approximate surface area is 113 Å². The summed E-state index contributed by atoms with van der Waals surface area (Å²) >= 11 is 4.63. The van der Waals surface area contributed by atoms with E-state index in [1.54, 1.807) is 13.0 Å². The van der Waals surface area contributed by atoms with Crippen LogP contribution in [-0.4, -0.2) is 39.9 Å². The van der Waals surface area contributed by atoms with Gasteiger partial charge in [-0.3, -0.25) is 0 Å². The van der Waals surface area contributed by atoms with E-state index in [0.29, 0.717) is 0 Å². The van der Waals surface area contributed by atoms with Crippen LogP contribution in [0.2, 0.25) is 0 Å². The van der Waals surface area contributed by atoms with Gasteiger partial charge >= 0.3 is 0 Å². The highest BCUT2D eigenvalue weighted by Crippen LogP contribution is 2.29. The van der Waals surface area contributed by atoms with E-state index >= 15 is 0 Å². The first kappa shape index (κ1) is 15.1. The molecule has 8 heteroatoms. The monoisotopic (exact) mass is 343 g/mol. The van der Waals surface area contributed by atoms with Crippen LogP contribution in [0.5, 0.6) is 0 Å². The fraction of sp³-hybridized carbons (Fsp3) is 0.556. The summed E-state index contributed by atoms with van der Waals surface area (Å²) in [4.78, 5) is 1.03. The van der Waals surface area contributed by atoms with Gasteiger partial charge < -0.3 is 9.84 Å². The second-order valence-electron chi connectivity index (χ2n) is 3.20. The van der Waals surface area contributed by atoms with Gasteiger partial charge in [0, 0.05) is 11.4 Å². The lowest BCUT2D eigenvalue weighted by molar-refractivity contribution is 0.0961. The molecular weight excluding hydrogens is 330 g/mol. The number of halogens is 1. The molecule has 0 aliphatic carbocycles. The Morgan fingerprint density at radius 1 is 1.53 bits per heavy atom. The van der Waals surface area contributed by atoms with Crippen LogP contribution in [0, 0.1) is 6.92 Å². The summed E-state index contributed by atoms with van der Waals surface area (Å²) in [6.07, 6.45) is 0. The van der Waals surface area contributed by atoms with Crippen molar-refractivity contribution in [3.8, 4) is 0 Å². The molecule has 0 unspecified atom stereocenters. The molecule has 5 nitrogen and oxygen atoms in total. The van der Waals surface area contributed by atoms with Crippen LogP contribution >= 0.6 is 27.3 Å². The summed E-state index contributed by atoms with van der Waals surface area (Å²) < 4.78 is 31.9. The SMILES string of the molecule is Cc1sc(Br)cc1S(=O)(=O)NCCOCCO. The van der Waals surface area contributed by atoms with Crippen LogP contribution in [0.15, 0.2) is 14.7 Å². The third kappa shape index (κ3) is 4.65. The van der Waals surface area contributed by atoms with Crippen LogP contribution in [0.4, 0.5) is 0 Å². The Morgan fingerprint density at radius 2 is 2.24 bits per heavy atom. The number of aliphatic hydroxyl groups is 1. The maximum absolute atomic E-state index is 11.9. The molecule has 98 valence electrons. The van der Waals surface area contributed by atoms with Gasteiger partial charge in [0.2, 0.25) is 10.0 Å². The lowest BCUT2D eigenvalue weighted by Crippen LogP contribution is -2.27. The van der Waals surface area contributed by atoms with Crippen LogP contribution in [-0.2, 0) is 14.8 Å². The highest BCUT2D eigenvalue weighted by molar-refractivity contribution is 9.11. The third-order valence-electron chi connectivity index (χ3n) is 1.91. The van der Waals surface area contributed by atoms with E-state index in [1.807, 2.05) is 0 Å². The number of thiophene rings is 1. The average Bonchev–Trinajstić information content (AvgIpc) is 2.58. The molecule has 1 heterocycles. The summed E-state index contributed by atoms with van der Waals surface area (Å²) in [5, 5.41) is 8.48. The largest absolute Gasteiger partial charge is 0.394 e. The van der Waals surface area contributed by atoms with Gasteiger partial charge in [0.15, 0.2) is 0 Å². The maximum atomic E-state index is 11.9. The van der Waals surface area contributed by atoms with Gasteiger partial charge in [-0.1, -0.05) is 0 Å². The van der Waals surface area contributed by atoms with Crippen molar-refractivity contribution in [2.24, 2.45) is 0 Å². The highest BCUT2D eigenvalue weighted by atomic mass is 79.9. The summed E-state index contributed by atoms with van der Waals surface area (Å²) in [5.74, 6) is 0. The molecule has 0 saturated heterocycles. The Balaban J connectivity index is 2.54. The van der Waals surface area contributed by atoms with Crippen molar-refractivity contribution < 1.29 is 18.3 Å². The second-order valence-corrected chi connectivity index (χ2v) is 7.58. The van der Waals surface area contributed by atoms with E-state index in [2.05, 4.69) is 20.7 Å². The maximum Gasteiger partial charge on any atom is 0.241 e. The van der Waals surface area contributed by atoms with Gasteiger partial charge in [0.05, 0.1) is 28.5 Å². The molecule has 0 aromatic carbocycles. The van der Waals surface area contributed by atoms with Gasteiger partial charge in [0.1, 0.15) is 0 Å². The standard InChI is InChI=1S/C9H14BrNO4S2/c1-7-8(6-9(10)16-7)17(13,14)11-2-4-15-5-3-12/h6,11-12H,2-5H2,1H3. The number of nitrogens with one attached hydrogen (secondary N) is 1. The zero-order valence-corrected chi connectivity index (χ0v) is 12.5. The number of aryl methyl sites for hydroxylation is 1. The number of rotatable bonds is 7. The predicted molar refractivity (Wildman–Crippen MR) is 69.8 cm³/mol. The van der Waals surface area contributed by atoms with E-state index in [4.69, 9.17) is 9.84 Å². The quantitative estimate of drug-likeness (QED) is 0.727. The predicted octanol–water partition coefficient (Wildman–Crippen LogP) is 1.11. The number of hydrogen-bond acceptors (Lipinski definition) is 5. The molecule has 2 N–H and O–H groups in total. The van der Waals surface area contributed by atoms with E-state index in [9.17, 15) is 8.42 Å². The van der Waals surface area contributed by atoms with Crippen LogP contribution in [0.3, 0.4) is 0 Å². The minimum atomic E-state index is -3.47. The molecule has 1 rings (SSSR count). The molecule has 1 aromatic heterocycles. The summed E-state index contributed by atoms with van der Waals surface area (Å²) in [6.45, 7) is 2.33. The van der Waals surface area contributed by atoms with Crippen LogP contribution < -0.4 is 4.72 Å². The lowest BCUT2D eigenvalue weighted by Gasteiger charge is -2.06. The molecule has 0 spiro atoms. The number of hydrogen-bond donors (Lipinski definition) is 2. The van der Waals surface area contributed by atoms with Gasteiger partial charge in [-0.15, -0.1) is 11.3 Å². The number of sulfonamides is 1. The first-order chi connectivity index (χ1) is 7.97. The molecule has 0 aliphatic rings. The topological polar surface area (TPSA) is 75.6 Å². The third-order valence-corrected chi connectivity index (χ3v) is 5.18. The first-order valence-corrected chi connectivity index (χ1v) is 8.01. The van der Waals surface area contributed by atoms with Crippen molar-refractivity contribution >= 4 is 37.3 Å². The normalized spacial score (nSPS) is 11.9. The smallest absolute Gasteiger partial charge is 0.241 e. The Hall–Kier alpha value is 0.01000.